The highest BCUT2D eigenvalue weighted by atomic mass is 32.2. The number of nitrogens with zero attached hydrogens (tertiary/aromatic N) is 2. The number of rotatable bonds is 5. The number of hydrogen-bond acceptors (Lipinski definition) is 4. The molecule has 1 aliphatic carbocycles. The lowest BCUT2D eigenvalue weighted by atomic mass is 10.1. The third-order valence-electron chi connectivity index (χ3n) is 4.54. The first-order chi connectivity index (χ1) is 11.0. The molecule has 0 unspecified atom stereocenters. The summed E-state index contributed by atoms with van der Waals surface area (Å²) in [6.07, 6.45) is 2.70. The number of carbonyl (C=O) groups excluding carboxylic acids is 1. The molecule has 1 N–H and O–H groups in total. The number of benzene rings is 1. The summed E-state index contributed by atoms with van der Waals surface area (Å²) in [4.78, 5) is 17.0. The fourth-order valence-corrected chi connectivity index (χ4v) is 3.48. The van der Waals surface area contributed by atoms with Gasteiger partial charge in [-0.05, 0) is 49.9 Å². The molecule has 7 heteroatoms. The topological polar surface area (TPSA) is 69.7 Å². The summed E-state index contributed by atoms with van der Waals surface area (Å²) in [7, 11) is -2.68. The molecule has 1 aliphatic heterocycles. The van der Waals surface area contributed by atoms with E-state index in [2.05, 4.69) is 16.5 Å². The van der Waals surface area contributed by atoms with E-state index in [1.54, 1.807) is 24.3 Å². The standard InChI is InChI=1S/C16H23N3O3S/c1-12-10-18(11-13-2-3-13)8-9-19(12)16(20)14-4-6-15(7-5-14)17-23(21)22/h4-7,12-13,23H,2-3,8-11H2,1H3,(H,17,21,22)/t12-/m0/s1. The average Bonchev–Trinajstić information content (AvgIpc) is 3.31. The van der Waals surface area contributed by atoms with E-state index in [4.69, 9.17) is 0 Å². The lowest BCUT2D eigenvalue weighted by Crippen LogP contribution is -2.54. The fraction of sp³-hybridized carbons (Fsp3) is 0.562. The Balaban J connectivity index is 1.60. The summed E-state index contributed by atoms with van der Waals surface area (Å²) < 4.78 is 23.6. The van der Waals surface area contributed by atoms with Crippen LogP contribution < -0.4 is 4.72 Å². The maximum absolute atomic E-state index is 12.7. The van der Waals surface area contributed by atoms with Crippen molar-refractivity contribution in [2.75, 3.05) is 30.9 Å². The smallest absolute Gasteiger partial charge is 0.254 e. The number of anilines is 1. The molecule has 1 amide bonds. The molecule has 0 bridgehead atoms. The monoisotopic (exact) mass is 337 g/mol. The summed E-state index contributed by atoms with van der Waals surface area (Å²) in [5, 5.41) is 0. The zero-order chi connectivity index (χ0) is 16.4. The summed E-state index contributed by atoms with van der Waals surface area (Å²) in [6.45, 7) is 5.87. The number of nitrogens with one attached hydrogen (secondary N) is 1. The molecule has 0 aromatic heterocycles. The van der Waals surface area contributed by atoms with Gasteiger partial charge in [-0.2, -0.15) is 0 Å². The van der Waals surface area contributed by atoms with Crippen LogP contribution >= 0.6 is 0 Å². The minimum absolute atomic E-state index is 0.0154. The number of thiol groups is 1. The van der Waals surface area contributed by atoms with Crippen LogP contribution in [0.1, 0.15) is 30.1 Å². The average molecular weight is 337 g/mol. The first kappa shape index (κ1) is 16.3. The summed E-state index contributed by atoms with van der Waals surface area (Å²) in [5.41, 5.74) is 1.07. The van der Waals surface area contributed by atoms with Crippen LogP contribution in [-0.4, -0.2) is 56.3 Å². The van der Waals surface area contributed by atoms with Crippen molar-refractivity contribution in [1.29, 1.82) is 0 Å². The summed E-state index contributed by atoms with van der Waals surface area (Å²) in [6, 6.07) is 6.78. The number of carbonyl (C=O) groups is 1. The highest BCUT2D eigenvalue weighted by molar-refractivity contribution is 7.73. The fourth-order valence-electron chi connectivity index (χ4n) is 3.12. The third kappa shape index (κ3) is 4.23. The maximum Gasteiger partial charge on any atom is 0.254 e. The zero-order valence-electron chi connectivity index (χ0n) is 13.3. The summed E-state index contributed by atoms with van der Waals surface area (Å²) in [5.74, 6) is 0.888. The van der Waals surface area contributed by atoms with Gasteiger partial charge in [-0.3, -0.25) is 14.4 Å². The molecule has 1 saturated heterocycles. The second kappa shape index (κ2) is 6.88. The van der Waals surface area contributed by atoms with Crippen LogP contribution in [0.25, 0.3) is 0 Å². The van der Waals surface area contributed by atoms with E-state index in [1.165, 1.54) is 19.4 Å². The van der Waals surface area contributed by atoms with E-state index >= 15 is 0 Å². The second-order valence-corrected chi connectivity index (χ2v) is 7.23. The lowest BCUT2D eigenvalue weighted by molar-refractivity contribution is 0.0482. The van der Waals surface area contributed by atoms with Gasteiger partial charge in [-0.25, -0.2) is 8.42 Å². The second-order valence-electron chi connectivity index (χ2n) is 6.50. The van der Waals surface area contributed by atoms with Crippen LogP contribution in [0.2, 0.25) is 0 Å². The zero-order valence-corrected chi connectivity index (χ0v) is 14.2. The van der Waals surface area contributed by atoms with Crippen molar-refractivity contribution in [3.63, 3.8) is 0 Å². The van der Waals surface area contributed by atoms with Crippen LogP contribution in [0.3, 0.4) is 0 Å². The van der Waals surface area contributed by atoms with E-state index in [0.717, 1.165) is 25.6 Å². The molecule has 0 spiro atoms. The molecule has 0 radical (unpaired) electrons. The summed E-state index contributed by atoms with van der Waals surface area (Å²) >= 11 is 0. The molecular weight excluding hydrogens is 314 g/mol. The van der Waals surface area contributed by atoms with Crippen LogP contribution in [0.4, 0.5) is 5.69 Å². The first-order valence-corrected chi connectivity index (χ1v) is 9.25. The molecule has 1 saturated carbocycles. The van der Waals surface area contributed by atoms with Gasteiger partial charge in [0.1, 0.15) is 0 Å². The van der Waals surface area contributed by atoms with Gasteiger partial charge < -0.3 is 4.90 Å². The molecule has 126 valence electrons. The minimum atomic E-state index is -2.68. The first-order valence-electron chi connectivity index (χ1n) is 8.07. The van der Waals surface area contributed by atoms with Crippen molar-refractivity contribution in [2.24, 2.45) is 5.92 Å². The van der Waals surface area contributed by atoms with Gasteiger partial charge in [-0.15, -0.1) is 0 Å². The van der Waals surface area contributed by atoms with E-state index in [0.29, 0.717) is 11.3 Å². The highest BCUT2D eigenvalue weighted by Crippen LogP contribution is 2.30. The number of hydrogen-bond donors (Lipinski definition) is 2. The number of amides is 1. The van der Waals surface area contributed by atoms with Crippen LogP contribution in [0.5, 0.6) is 0 Å². The van der Waals surface area contributed by atoms with Crippen molar-refractivity contribution >= 4 is 22.5 Å². The molecule has 1 aromatic rings. The van der Waals surface area contributed by atoms with Gasteiger partial charge in [0.05, 0.1) is 0 Å². The molecule has 1 atom stereocenters. The van der Waals surface area contributed by atoms with Crippen molar-refractivity contribution in [2.45, 2.75) is 25.8 Å². The molecule has 1 heterocycles. The third-order valence-corrected chi connectivity index (χ3v) is 4.98. The predicted octanol–water partition coefficient (Wildman–Crippen LogP) is 1.18. The Morgan fingerprint density at radius 2 is 1.91 bits per heavy atom. The van der Waals surface area contributed by atoms with E-state index in [-0.39, 0.29) is 11.9 Å². The van der Waals surface area contributed by atoms with Crippen LogP contribution in [0.15, 0.2) is 24.3 Å². The Morgan fingerprint density at radius 1 is 1.22 bits per heavy atom. The van der Waals surface area contributed by atoms with Crippen molar-refractivity contribution in [3.05, 3.63) is 29.8 Å². The van der Waals surface area contributed by atoms with Gasteiger partial charge in [0.2, 0.25) is 10.9 Å². The van der Waals surface area contributed by atoms with E-state index in [9.17, 15) is 13.2 Å². The Kier molecular flexibility index (Phi) is 4.87. The minimum Gasteiger partial charge on any atom is -0.333 e. The maximum atomic E-state index is 12.7. The van der Waals surface area contributed by atoms with Crippen molar-refractivity contribution < 1.29 is 13.2 Å². The molecule has 6 nitrogen and oxygen atoms in total. The van der Waals surface area contributed by atoms with Gasteiger partial charge in [0.15, 0.2) is 0 Å². The quantitative estimate of drug-likeness (QED) is 0.792. The Labute approximate surface area is 138 Å². The van der Waals surface area contributed by atoms with Crippen LogP contribution in [0, 0.1) is 5.92 Å². The Hall–Kier alpha value is -1.60. The highest BCUT2D eigenvalue weighted by Gasteiger charge is 2.31. The van der Waals surface area contributed by atoms with Crippen molar-refractivity contribution in [3.8, 4) is 0 Å². The molecule has 2 fully saturated rings. The normalized spacial score (nSPS) is 22.3. The van der Waals surface area contributed by atoms with Crippen LogP contribution in [-0.2, 0) is 10.9 Å². The largest absolute Gasteiger partial charge is 0.333 e. The van der Waals surface area contributed by atoms with Gasteiger partial charge in [0.25, 0.3) is 5.91 Å². The predicted molar refractivity (Wildman–Crippen MR) is 90.0 cm³/mol. The Morgan fingerprint density at radius 3 is 2.48 bits per heavy atom. The Bertz CT molecular complexity index is 632. The lowest BCUT2D eigenvalue weighted by Gasteiger charge is -2.40. The van der Waals surface area contributed by atoms with Gasteiger partial charge >= 0.3 is 0 Å². The van der Waals surface area contributed by atoms with E-state index in [1.807, 2.05) is 4.90 Å². The molecule has 2 aliphatic rings. The molecule has 3 rings (SSSR count). The molecule has 1 aromatic carbocycles. The van der Waals surface area contributed by atoms with Gasteiger partial charge in [0, 0.05) is 43.5 Å². The van der Waals surface area contributed by atoms with Crippen molar-refractivity contribution in [1.82, 2.24) is 9.80 Å². The number of piperazine rings is 1. The van der Waals surface area contributed by atoms with E-state index < -0.39 is 10.9 Å². The SMILES string of the molecule is C[C@H]1CN(CC2CC2)CCN1C(=O)c1ccc(N[SH](=O)=O)cc1. The molecular formula is C16H23N3O3S. The molecule has 23 heavy (non-hydrogen) atoms. The van der Waals surface area contributed by atoms with Gasteiger partial charge in [-0.1, -0.05) is 0 Å².